The number of ether oxygens (including phenoxy) is 2. The topological polar surface area (TPSA) is 30.5 Å². The third kappa shape index (κ3) is 2.76. The van der Waals surface area contributed by atoms with E-state index in [-0.39, 0.29) is 0 Å². The van der Waals surface area contributed by atoms with Gasteiger partial charge in [0.25, 0.3) is 0 Å². The molecule has 0 radical (unpaired) electrons. The molecule has 0 heterocycles. The Morgan fingerprint density at radius 1 is 1.27 bits per heavy atom. The molecule has 1 aromatic carbocycles. The molecule has 0 unspecified atom stereocenters. The van der Waals surface area contributed by atoms with Gasteiger partial charge >= 0.3 is 0 Å². The molecule has 0 saturated carbocycles. The van der Waals surface area contributed by atoms with Crippen LogP contribution in [0.4, 0.5) is 0 Å². The van der Waals surface area contributed by atoms with Crippen LogP contribution in [0, 0.1) is 0 Å². The molecule has 15 heavy (non-hydrogen) atoms. The monoisotopic (exact) mass is 229 g/mol. The fourth-order valence-corrected chi connectivity index (χ4v) is 1.73. The van der Waals surface area contributed by atoms with E-state index < -0.39 is 0 Å². The van der Waals surface area contributed by atoms with Gasteiger partial charge in [-0.2, -0.15) is 0 Å². The van der Waals surface area contributed by atoms with E-state index in [4.69, 9.17) is 21.1 Å². The van der Waals surface area contributed by atoms with E-state index in [9.17, 15) is 0 Å². The molecule has 0 amide bonds. The van der Waals surface area contributed by atoms with Crippen LogP contribution in [0.15, 0.2) is 12.1 Å². The highest BCUT2D eigenvalue weighted by molar-refractivity contribution is 6.32. The molecule has 0 fully saturated rings. The van der Waals surface area contributed by atoms with Crippen LogP contribution in [0.25, 0.3) is 0 Å². The van der Waals surface area contributed by atoms with Gasteiger partial charge in [-0.25, -0.2) is 0 Å². The molecule has 0 spiro atoms. The summed E-state index contributed by atoms with van der Waals surface area (Å²) in [5.41, 5.74) is 1.00. The molecular formula is C11H16ClNO2. The van der Waals surface area contributed by atoms with Crippen molar-refractivity contribution in [1.82, 2.24) is 5.32 Å². The highest BCUT2D eigenvalue weighted by Crippen LogP contribution is 2.35. The molecule has 1 aromatic rings. The zero-order valence-corrected chi connectivity index (χ0v) is 10.0. The smallest absolute Gasteiger partial charge is 0.144 e. The number of hydrogen-bond acceptors (Lipinski definition) is 3. The maximum atomic E-state index is 6.04. The number of nitrogens with one attached hydrogen (secondary N) is 1. The van der Waals surface area contributed by atoms with Crippen LogP contribution in [0.1, 0.15) is 5.56 Å². The number of halogens is 1. The Bertz CT molecular complexity index is 329. The summed E-state index contributed by atoms with van der Waals surface area (Å²) in [6, 6.07) is 3.64. The number of benzene rings is 1. The number of rotatable bonds is 5. The van der Waals surface area contributed by atoms with Crippen molar-refractivity contribution < 1.29 is 9.47 Å². The lowest BCUT2D eigenvalue weighted by molar-refractivity contribution is 0.385. The zero-order chi connectivity index (χ0) is 11.3. The summed E-state index contributed by atoms with van der Waals surface area (Å²) in [6.07, 6.45) is 0.823. The van der Waals surface area contributed by atoms with Crippen molar-refractivity contribution in [3.05, 3.63) is 22.7 Å². The molecule has 1 rings (SSSR count). The molecule has 1 N–H and O–H groups in total. The first kappa shape index (κ1) is 12.1. The minimum atomic E-state index is 0.615. The lowest BCUT2D eigenvalue weighted by Crippen LogP contribution is -2.11. The van der Waals surface area contributed by atoms with E-state index >= 15 is 0 Å². The van der Waals surface area contributed by atoms with Crippen LogP contribution in [-0.4, -0.2) is 27.8 Å². The molecule has 0 aliphatic heterocycles. The van der Waals surface area contributed by atoms with E-state index in [1.165, 1.54) is 0 Å². The van der Waals surface area contributed by atoms with Crippen molar-refractivity contribution >= 4 is 11.6 Å². The Labute approximate surface area is 95.3 Å². The summed E-state index contributed by atoms with van der Waals surface area (Å²) < 4.78 is 10.5. The van der Waals surface area contributed by atoms with E-state index in [0.29, 0.717) is 10.8 Å². The number of hydrogen-bond donors (Lipinski definition) is 1. The first-order valence-corrected chi connectivity index (χ1v) is 5.16. The molecule has 3 nitrogen and oxygen atoms in total. The van der Waals surface area contributed by atoms with Gasteiger partial charge in [0.05, 0.1) is 19.2 Å². The van der Waals surface area contributed by atoms with Crippen LogP contribution in [0.5, 0.6) is 11.5 Å². The Morgan fingerprint density at radius 3 is 2.53 bits per heavy atom. The second kappa shape index (κ2) is 5.83. The quantitative estimate of drug-likeness (QED) is 0.839. The third-order valence-corrected chi connectivity index (χ3v) is 2.52. The number of likely N-dealkylation sites (N-methyl/N-ethyl adjacent to an activating group) is 1. The summed E-state index contributed by atoms with van der Waals surface area (Å²) in [6.45, 7) is 0.854. The molecule has 84 valence electrons. The molecule has 0 bridgehead atoms. The van der Waals surface area contributed by atoms with Crippen molar-refractivity contribution in [2.75, 3.05) is 27.8 Å². The van der Waals surface area contributed by atoms with Gasteiger partial charge in [-0.3, -0.25) is 0 Å². The largest absolute Gasteiger partial charge is 0.496 e. The van der Waals surface area contributed by atoms with E-state index in [0.717, 1.165) is 24.3 Å². The Kier molecular flexibility index (Phi) is 4.72. The highest BCUT2D eigenvalue weighted by atomic mass is 35.5. The molecule has 4 heteroatoms. The second-order valence-electron chi connectivity index (χ2n) is 3.12. The zero-order valence-electron chi connectivity index (χ0n) is 9.26. The summed E-state index contributed by atoms with van der Waals surface area (Å²) in [4.78, 5) is 0. The third-order valence-electron chi connectivity index (χ3n) is 2.22. The van der Waals surface area contributed by atoms with Crippen LogP contribution in [0.3, 0.4) is 0 Å². The Hall–Kier alpha value is -0.930. The van der Waals surface area contributed by atoms with Crippen molar-refractivity contribution in [1.29, 1.82) is 0 Å². The fraction of sp³-hybridized carbons (Fsp3) is 0.455. The molecular weight excluding hydrogens is 214 g/mol. The van der Waals surface area contributed by atoms with Gasteiger partial charge in [0.15, 0.2) is 0 Å². The van der Waals surface area contributed by atoms with Gasteiger partial charge in [-0.15, -0.1) is 0 Å². The van der Waals surface area contributed by atoms with E-state index in [2.05, 4.69) is 5.32 Å². The van der Waals surface area contributed by atoms with Crippen LogP contribution in [-0.2, 0) is 6.42 Å². The van der Waals surface area contributed by atoms with E-state index in [1.807, 2.05) is 13.1 Å². The first-order chi connectivity index (χ1) is 7.24. The predicted molar refractivity (Wildman–Crippen MR) is 62.2 cm³/mol. The Balaban J connectivity index is 3.09. The summed E-state index contributed by atoms with van der Waals surface area (Å²) in [7, 11) is 5.17. The van der Waals surface area contributed by atoms with Gasteiger partial charge in [0, 0.05) is 5.56 Å². The van der Waals surface area contributed by atoms with Crippen LogP contribution in [0.2, 0.25) is 5.02 Å². The summed E-state index contributed by atoms with van der Waals surface area (Å²) in [5, 5.41) is 3.70. The summed E-state index contributed by atoms with van der Waals surface area (Å²) >= 11 is 6.04. The molecule has 0 aliphatic carbocycles. The van der Waals surface area contributed by atoms with Gasteiger partial charge in [-0.05, 0) is 32.1 Å². The standard InChI is InChI=1S/C11H16ClNO2/c1-13-7-6-8-10(14-2)5-4-9(12)11(8)15-3/h4-5,13H,6-7H2,1-3H3. The second-order valence-corrected chi connectivity index (χ2v) is 3.52. The normalized spacial score (nSPS) is 10.1. The average Bonchev–Trinajstić information content (AvgIpc) is 2.26. The molecule has 0 aliphatic rings. The lowest BCUT2D eigenvalue weighted by atomic mass is 10.1. The van der Waals surface area contributed by atoms with Crippen molar-refractivity contribution in [2.45, 2.75) is 6.42 Å². The molecule has 0 saturated heterocycles. The van der Waals surface area contributed by atoms with Crippen LogP contribution >= 0.6 is 11.6 Å². The Morgan fingerprint density at radius 2 is 2.00 bits per heavy atom. The van der Waals surface area contributed by atoms with Crippen molar-refractivity contribution in [3.8, 4) is 11.5 Å². The van der Waals surface area contributed by atoms with Gasteiger partial charge in [0.1, 0.15) is 11.5 Å². The summed E-state index contributed by atoms with van der Waals surface area (Å²) in [5.74, 6) is 1.51. The van der Waals surface area contributed by atoms with Gasteiger partial charge < -0.3 is 14.8 Å². The molecule has 0 atom stereocenters. The fourth-order valence-electron chi connectivity index (χ4n) is 1.48. The van der Waals surface area contributed by atoms with E-state index in [1.54, 1.807) is 20.3 Å². The maximum absolute atomic E-state index is 6.04. The predicted octanol–water partition coefficient (Wildman–Crippen LogP) is 2.12. The minimum Gasteiger partial charge on any atom is -0.496 e. The van der Waals surface area contributed by atoms with Crippen LogP contribution < -0.4 is 14.8 Å². The van der Waals surface area contributed by atoms with Crippen molar-refractivity contribution in [2.24, 2.45) is 0 Å². The first-order valence-electron chi connectivity index (χ1n) is 4.78. The average molecular weight is 230 g/mol. The van der Waals surface area contributed by atoms with Gasteiger partial charge in [-0.1, -0.05) is 11.6 Å². The molecule has 0 aromatic heterocycles. The van der Waals surface area contributed by atoms with Crippen molar-refractivity contribution in [3.63, 3.8) is 0 Å². The number of methoxy groups -OCH3 is 2. The highest BCUT2D eigenvalue weighted by Gasteiger charge is 2.12. The SMILES string of the molecule is CNCCc1c(OC)ccc(Cl)c1OC. The minimum absolute atomic E-state index is 0.615. The van der Waals surface area contributed by atoms with Gasteiger partial charge in [0.2, 0.25) is 0 Å². The lowest BCUT2D eigenvalue weighted by Gasteiger charge is -2.14. The maximum Gasteiger partial charge on any atom is 0.144 e.